The zero-order valence-electron chi connectivity index (χ0n) is 28.7. The van der Waals surface area contributed by atoms with Crippen molar-refractivity contribution < 1.29 is 14.0 Å². The maximum atomic E-state index is 6.40. The third kappa shape index (κ3) is 3.82. The smallest absolute Gasteiger partial charge is 0.254 e. The van der Waals surface area contributed by atoms with Gasteiger partial charge in [0.25, 0.3) is 6.33 Å². The van der Waals surface area contributed by atoms with Crippen molar-refractivity contribution in [2.45, 2.75) is 37.5 Å². The molecule has 0 N–H and O–H groups in total. The quantitative estimate of drug-likeness (QED) is 0.166. The Balaban J connectivity index is 1.12. The summed E-state index contributed by atoms with van der Waals surface area (Å²) in [5.41, 5.74) is 18.9. The van der Waals surface area contributed by atoms with Crippen LogP contribution in [0, 0.1) is 0 Å². The molecular formula is C47H37N2O2+. The van der Waals surface area contributed by atoms with E-state index in [1.807, 2.05) is 0 Å². The molecule has 4 nitrogen and oxygen atoms in total. The molecule has 7 aromatic rings. The predicted molar refractivity (Wildman–Crippen MR) is 199 cm³/mol. The van der Waals surface area contributed by atoms with E-state index in [1.54, 1.807) is 0 Å². The third-order valence-corrected chi connectivity index (χ3v) is 11.9. The zero-order chi connectivity index (χ0) is 33.8. The summed E-state index contributed by atoms with van der Waals surface area (Å²) in [5.74, 6) is 2.51. The van der Waals surface area contributed by atoms with Gasteiger partial charge in [-0.3, -0.25) is 0 Å². The minimum absolute atomic E-state index is 0.130. The van der Waals surface area contributed by atoms with Gasteiger partial charge in [-0.25, -0.2) is 9.13 Å². The molecule has 1 aromatic heterocycles. The maximum absolute atomic E-state index is 6.40. The molecule has 0 unspecified atom stereocenters. The summed E-state index contributed by atoms with van der Waals surface area (Å²) >= 11 is 0. The molecular weight excluding hydrogens is 625 g/mol. The fourth-order valence-electron chi connectivity index (χ4n) is 10.1. The van der Waals surface area contributed by atoms with Gasteiger partial charge in [0.1, 0.15) is 35.3 Å². The summed E-state index contributed by atoms with van der Waals surface area (Å²) in [6, 6.07) is 45.0. The molecule has 0 saturated heterocycles. The molecule has 0 saturated carbocycles. The van der Waals surface area contributed by atoms with Crippen molar-refractivity contribution >= 4 is 0 Å². The van der Waals surface area contributed by atoms with Crippen LogP contribution in [0.25, 0.3) is 11.4 Å². The molecule has 0 fully saturated rings. The van der Waals surface area contributed by atoms with Gasteiger partial charge in [-0.05, 0) is 82.6 Å². The SMILES string of the molecule is CCOc1ccc(-n2cc[n+](-c3ccc(OCC)c4c3C3c5ccccc5C4c4ccccc43)c2)c2c1C1c3ccccc3C2c2ccccc21. The monoisotopic (exact) mass is 661 g/mol. The van der Waals surface area contributed by atoms with Crippen LogP contribution in [0.1, 0.15) is 104 Å². The number of nitrogens with zero attached hydrogens (tertiary/aromatic N) is 2. The third-order valence-electron chi connectivity index (χ3n) is 11.9. The fraction of sp³-hybridized carbons (Fsp3) is 0.170. The van der Waals surface area contributed by atoms with Crippen molar-refractivity contribution in [2.75, 3.05) is 13.2 Å². The van der Waals surface area contributed by atoms with Crippen LogP contribution in [-0.2, 0) is 0 Å². The first kappa shape index (κ1) is 28.9. The lowest BCUT2D eigenvalue weighted by molar-refractivity contribution is -0.595. The molecule has 1 heterocycles. The van der Waals surface area contributed by atoms with E-state index in [9.17, 15) is 0 Å². The molecule has 6 aromatic carbocycles. The van der Waals surface area contributed by atoms with Crippen molar-refractivity contribution in [1.29, 1.82) is 0 Å². The Bertz CT molecular complexity index is 2290. The van der Waals surface area contributed by atoms with Crippen LogP contribution in [0.3, 0.4) is 0 Å². The van der Waals surface area contributed by atoms with Gasteiger partial charge in [0.15, 0.2) is 0 Å². The normalized spacial score (nSPS) is 19.3. The molecule has 6 aliphatic carbocycles. The van der Waals surface area contributed by atoms with Crippen LogP contribution in [-0.4, -0.2) is 17.8 Å². The van der Waals surface area contributed by atoms with Crippen LogP contribution >= 0.6 is 0 Å². The van der Waals surface area contributed by atoms with Crippen LogP contribution < -0.4 is 14.0 Å². The largest absolute Gasteiger partial charge is 0.494 e. The van der Waals surface area contributed by atoms with Crippen LogP contribution in [0.5, 0.6) is 11.5 Å². The van der Waals surface area contributed by atoms with Gasteiger partial charge in [-0.2, -0.15) is 0 Å². The Kier molecular flexibility index (Phi) is 6.13. The van der Waals surface area contributed by atoms with Crippen molar-refractivity contribution in [1.82, 2.24) is 4.57 Å². The number of benzene rings is 6. The van der Waals surface area contributed by atoms with E-state index in [1.165, 1.54) is 78.1 Å². The van der Waals surface area contributed by atoms with Gasteiger partial charge in [-0.15, -0.1) is 0 Å². The summed E-state index contributed by atoms with van der Waals surface area (Å²) in [7, 11) is 0. The van der Waals surface area contributed by atoms with E-state index < -0.39 is 0 Å². The lowest BCUT2D eigenvalue weighted by atomic mass is 9.60. The number of ether oxygens (including phenoxy) is 2. The van der Waals surface area contributed by atoms with Gasteiger partial charge in [0.05, 0.1) is 13.2 Å². The van der Waals surface area contributed by atoms with Gasteiger partial charge in [0.2, 0.25) is 0 Å². The maximum Gasteiger partial charge on any atom is 0.254 e. The highest BCUT2D eigenvalue weighted by molar-refractivity contribution is 5.75. The van der Waals surface area contributed by atoms with E-state index in [4.69, 9.17) is 9.47 Å². The molecule has 246 valence electrons. The molecule has 6 aliphatic rings. The van der Waals surface area contributed by atoms with Crippen LogP contribution in [0.2, 0.25) is 0 Å². The van der Waals surface area contributed by atoms with Crippen LogP contribution in [0.4, 0.5) is 0 Å². The first-order valence-corrected chi connectivity index (χ1v) is 18.3. The Morgan fingerprint density at radius 3 is 1.31 bits per heavy atom. The van der Waals surface area contributed by atoms with Crippen molar-refractivity contribution in [3.8, 4) is 22.9 Å². The standard InChI is InChI=1S/C47H37N2O2/c1-3-50-38-23-21-36(44-40-28-13-5-9-17-32(28)42(46(38)44)33-18-10-6-14-29(33)40)48-25-26-49(27-48)37-22-24-39(51-4-2)47-43-34-19-11-7-15-30(34)41(45(37)47)31-16-8-12-20-35(31)43/h5-27,40-43H,3-4H2,1-2H3/q+1. The number of hydrogen-bond acceptors (Lipinski definition) is 2. The number of aromatic nitrogens is 2. The molecule has 0 radical (unpaired) electrons. The summed E-state index contributed by atoms with van der Waals surface area (Å²) in [4.78, 5) is 0. The highest BCUT2D eigenvalue weighted by atomic mass is 16.5. The van der Waals surface area contributed by atoms with E-state index in [0.717, 1.165) is 11.5 Å². The highest BCUT2D eigenvalue weighted by Crippen LogP contribution is 2.60. The van der Waals surface area contributed by atoms with Gasteiger partial charge in [0, 0.05) is 45.9 Å². The molecule has 51 heavy (non-hydrogen) atoms. The van der Waals surface area contributed by atoms with Gasteiger partial charge < -0.3 is 9.47 Å². The minimum atomic E-state index is 0.130. The molecule has 0 spiro atoms. The topological polar surface area (TPSA) is 27.3 Å². The van der Waals surface area contributed by atoms with Crippen LogP contribution in [0.15, 0.2) is 140 Å². The lowest BCUT2D eigenvalue weighted by Crippen LogP contribution is -2.36. The second-order valence-electron chi connectivity index (χ2n) is 14.2. The highest BCUT2D eigenvalue weighted by Gasteiger charge is 2.47. The lowest BCUT2D eigenvalue weighted by Gasteiger charge is -2.43. The van der Waals surface area contributed by atoms with E-state index in [2.05, 4.69) is 163 Å². The molecule has 13 rings (SSSR count). The molecule has 0 aliphatic heterocycles. The summed E-state index contributed by atoms with van der Waals surface area (Å²) in [6.07, 6.45) is 6.72. The first-order valence-electron chi connectivity index (χ1n) is 18.3. The Hall–Kier alpha value is -5.87. The fourth-order valence-corrected chi connectivity index (χ4v) is 10.1. The van der Waals surface area contributed by atoms with Gasteiger partial charge in [-0.1, -0.05) is 97.1 Å². The van der Waals surface area contributed by atoms with Crippen molar-refractivity contribution in [2.24, 2.45) is 0 Å². The molecule has 0 amide bonds. The zero-order valence-corrected chi connectivity index (χ0v) is 28.7. The van der Waals surface area contributed by atoms with Crippen molar-refractivity contribution in [3.63, 3.8) is 0 Å². The number of rotatable bonds is 6. The molecule has 0 atom stereocenters. The average Bonchev–Trinajstić information content (AvgIpc) is 3.68. The minimum Gasteiger partial charge on any atom is -0.494 e. The number of hydrogen-bond donors (Lipinski definition) is 0. The summed E-state index contributed by atoms with van der Waals surface area (Å²) in [6.45, 7) is 5.43. The Morgan fingerprint density at radius 2 is 0.863 bits per heavy atom. The van der Waals surface area contributed by atoms with E-state index in [0.29, 0.717) is 13.2 Å². The van der Waals surface area contributed by atoms with Crippen molar-refractivity contribution in [3.05, 3.63) is 207 Å². The molecule has 4 bridgehead atoms. The second-order valence-corrected chi connectivity index (χ2v) is 14.2. The predicted octanol–water partition coefficient (Wildman–Crippen LogP) is 9.53. The summed E-state index contributed by atoms with van der Waals surface area (Å²) < 4.78 is 17.5. The second kappa shape index (κ2) is 10.8. The van der Waals surface area contributed by atoms with Gasteiger partial charge >= 0.3 is 0 Å². The number of imidazole rings is 1. The Labute approximate surface area is 298 Å². The Morgan fingerprint density at radius 1 is 0.471 bits per heavy atom. The summed E-state index contributed by atoms with van der Waals surface area (Å²) in [5, 5.41) is 0. The molecule has 4 heteroatoms. The van der Waals surface area contributed by atoms with E-state index in [-0.39, 0.29) is 23.7 Å². The average molecular weight is 662 g/mol. The van der Waals surface area contributed by atoms with E-state index >= 15 is 0 Å². The first-order chi connectivity index (χ1) is 25.3.